The third-order valence-corrected chi connectivity index (χ3v) is 2.83. The molecule has 0 aliphatic heterocycles. The molecule has 5 nitrogen and oxygen atoms in total. The van der Waals surface area contributed by atoms with Crippen molar-refractivity contribution in [3.63, 3.8) is 0 Å². The number of aliphatic carboxylic acids is 1. The van der Waals surface area contributed by atoms with Crippen molar-refractivity contribution in [3.8, 4) is 5.75 Å². The van der Waals surface area contributed by atoms with Crippen molar-refractivity contribution >= 4 is 11.9 Å². The van der Waals surface area contributed by atoms with Gasteiger partial charge in [-0.1, -0.05) is 11.6 Å². The van der Waals surface area contributed by atoms with E-state index in [0.717, 1.165) is 5.57 Å². The Kier molecular flexibility index (Phi) is 6.46. The summed E-state index contributed by atoms with van der Waals surface area (Å²) in [5.41, 5.74) is 1.65. The molecule has 1 aromatic rings. The molecule has 1 N–H and O–H groups in total. The first kappa shape index (κ1) is 16.8. The van der Waals surface area contributed by atoms with Gasteiger partial charge in [-0.3, -0.25) is 9.59 Å². The average molecular weight is 291 g/mol. The first-order valence-electron chi connectivity index (χ1n) is 6.73. The lowest BCUT2D eigenvalue weighted by Crippen LogP contribution is -2.29. The summed E-state index contributed by atoms with van der Waals surface area (Å²) < 4.78 is 5.54. The smallest absolute Gasteiger partial charge is 0.305 e. The summed E-state index contributed by atoms with van der Waals surface area (Å²) >= 11 is 0. The van der Waals surface area contributed by atoms with Crippen molar-refractivity contribution in [1.29, 1.82) is 0 Å². The van der Waals surface area contributed by atoms with Crippen molar-refractivity contribution in [2.45, 2.75) is 20.3 Å². The van der Waals surface area contributed by atoms with E-state index >= 15 is 0 Å². The summed E-state index contributed by atoms with van der Waals surface area (Å²) in [6.07, 6.45) is 1.88. The Hall–Kier alpha value is -2.30. The molecule has 0 spiro atoms. The number of carboxylic acids is 1. The predicted octanol–water partition coefficient (Wildman–Crippen LogP) is 2.58. The maximum atomic E-state index is 12.2. The number of ether oxygens (including phenoxy) is 1. The van der Waals surface area contributed by atoms with Crippen molar-refractivity contribution in [2.24, 2.45) is 0 Å². The Morgan fingerprint density at radius 1 is 1.33 bits per heavy atom. The minimum absolute atomic E-state index is 0.0704. The lowest BCUT2D eigenvalue weighted by atomic mass is 10.2. The van der Waals surface area contributed by atoms with Gasteiger partial charge >= 0.3 is 5.97 Å². The molecule has 0 saturated carbocycles. The number of hydrogen-bond donors (Lipinski definition) is 1. The summed E-state index contributed by atoms with van der Waals surface area (Å²) in [6, 6.07) is 6.88. The number of carbonyl (C=O) groups is 2. The molecule has 0 heterocycles. The Bertz CT molecular complexity index is 533. The van der Waals surface area contributed by atoms with Crippen molar-refractivity contribution in [2.75, 3.05) is 20.2 Å². The first-order valence-corrected chi connectivity index (χ1v) is 6.73. The fourth-order valence-electron chi connectivity index (χ4n) is 1.61. The zero-order chi connectivity index (χ0) is 15.8. The van der Waals surface area contributed by atoms with Gasteiger partial charge in [0.25, 0.3) is 5.91 Å². The van der Waals surface area contributed by atoms with Gasteiger partial charge in [0.15, 0.2) is 0 Å². The zero-order valence-electron chi connectivity index (χ0n) is 12.6. The third kappa shape index (κ3) is 6.12. The van der Waals surface area contributed by atoms with Crippen LogP contribution >= 0.6 is 0 Å². The minimum atomic E-state index is -0.923. The van der Waals surface area contributed by atoms with Gasteiger partial charge in [-0.25, -0.2) is 0 Å². The number of amides is 1. The number of hydrogen-bond acceptors (Lipinski definition) is 3. The van der Waals surface area contributed by atoms with Gasteiger partial charge in [0, 0.05) is 19.2 Å². The molecule has 0 radical (unpaired) electrons. The summed E-state index contributed by atoms with van der Waals surface area (Å²) in [6.45, 7) is 4.60. The van der Waals surface area contributed by atoms with E-state index < -0.39 is 5.97 Å². The number of rotatable bonds is 7. The van der Waals surface area contributed by atoms with Crippen LogP contribution in [0.15, 0.2) is 35.9 Å². The van der Waals surface area contributed by atoms with Crippen LogP contribution in [-0.4, -0.2) is 42.1 Å². The average Bonchev–Trinajstić information content (AvgIpc) is 2.43. The van der Waals surface area contributed by atoms with Crippen LogP contribution in [0.2, 0.25) is 0 Å². The van der Waals surface area contributed by atoms with Gasteiger partial charge in [0.2, 0.25) is 0 Å². The highest BCUT2D eigenvalue weighted by Crippen LogP contribution is 2.15. The molecule has 0 unspecified atom stereocenters. The number of benzene rings is 1. The molecule has 0 fully saturated rings. The van der Waals surface area contributed by atoms with Crippen LogP contribution in [0.4, 0.5) is 0 Å². The Labute approximate surface area is 124 Å². The molecule has 1 rings (SSSR count). The van der Waals surface area contributed by atoms with E-state index in [-0.39, 0.29) is 18.9 Å². The standard InChI is InChI=1S/C16H21NO4/c1-12(2)8-10-21-14-6-4-5-13(11-14)16(20)17(3)9-7-15(18)19/h4-6,8,11H,7,9-10H2,1-3H3,(H,18,19). The van der Waals surface area contributed by atoms with E-state index in [0.29, 0.717) is 17.9 Å². The van der Waals surface area contributed by atoms with Crippen LogP contribution in [0.3, 0.4) is 0 Å². The Morgan fingerprint density at radius 2 is 2.05 bits per heavy atom. The second kappa shape index (κ2) is 8.09. The number of allylic oxidation sites excluding steroid dienone is 1. The van der Waals surface area contributed by atoms with Gasteiger partial charge in [-0.15, -0.1) is 0 Å². The highest BCUT2D eigenvalue weighted by molar-refractivity contribution is 5.94. The van der Waals surface area contributed by atoms with E-state index in [1.807, 2.05) is 19.9 Å². The van der Waals surface area contributed by atoms with Gasteiger partial charge in [0.05, 0.1) is 6.42 Å². The van der Waals surface area contributed by atoms with E-state index in [1.54, 1.807) is 31.3 Å². The highest BCUT2D eigenvalue weighted by atomic mass is 16.5. The van der Waals surface area contributed by atoms with Gasteiger partial charge < -0.3 is 14.7 Å². The van der Waals surface area contributed by atoms with Crippen LogP contribution in [-0.2, 0) is 4.79 Å². The van der Waals surface area contributed by atoms with Crippen LogP contribution in [0.25, 0.3) is 0 Å². The Morgan fingerprint density at radius 3 is 2.67 bits per heavy atom. The molecule has 0 bridgehead atoms. The predicted molar refractivity (Wildman–Crippen MR) is 80.6 cm³/mol. The van der Waals surface area contributed by atoms with Crippen LogP contribution in [0, 0.1) is 0 Å². The topological polar surface area (TPSA) is 66.8 Å². The summed E-state index contributed by atoms with van der Waals surface area (Å²) in [7, 11) is 1.59. The number of carbonyl (C=O) groups excluding carboxylic acids is 1. The van der Waals surface area contributed by atoms with Crippen molar-refractivity contribution in [3.05, 3.63) is 41.5 Å². The molecule has 114 valence electrons. The van der Waals surface area contributed by atoms with Crippen LogP contribution in [0.5, 0.6) is 5.75 Å². The van der Waals surface area contributed by atoms with Crippen LogP contribution < -0.4 is 4.74 Å². The molecule has 0 aliphatic rings. The highest BCUT2D eigenvalue weighted by Gasteiger charge is 2.13. The molecule has 1 amide bonds. The molecule has 0 saturated heterocycles. The molecular formula is C16H21NO4. The first-order chi connectivity index (χ1) is 9.90. The monoisotopic (exact) mass is 291 g/mol. The lowest BCUT2D eigenvalue weighted by Gasteiger charge is -2.16. The maximum absolute atomic E-state index is 12.2. The van der Waals surface area contributed by atoms with Crippen molar-refractivity contribution < 1.29 is 19.4 Å². The fraction of sp³-hybridized carbons (Fsp3) is 0.375. The van der Waals surface area contributed by atoms with E-state index in [2.05, 4.69) is 0 Å². The fourth-order valence-corrected chi connectivity index (χ4v) is 1.61. The molecular weight excluding hydrogens is 270 g/mol. The zero-order valence-corrected chi connectivity index (χ0v) is 12.6. The van der Waals surface area contributed by atoms with E-state index in [1.165, 1.54) is 4.90 Å². The SMILES string of the molecule is CC(C)=CCOc1cccc(C(=O)N(C)CCC(=O)O)c1. The molecule has 0 aromatic heterocycles. The minimum Gasteiger partial charge on any atom is -0.490 e. The van der Waals surface area contributed by atoms with Crippen molar-refractivity contribution in [1.82, 2.24) is 4.90 Å². The molecule has 0 atom stereocenters. The van der Waals surface area contributed by atoms with Gasteiger partial charge in [0.1, 0.15) is 12.4 Å². The molecule has 1 aromatic carbocycles. The third-order valence-electron chi connectivity index (χ3n) is 2.83. The van der Waals surface area contributed by atoms with E-state index in [4.69, 9.17) is 9.84 Å². The quantitative estimate of drug-likeness (QED) is 0.784. The summed E-state index contributed by atoms with van der Waals surface area (Å²) in [5, 5.41) is 8.64. The Balaban J connectivity index is 2.68. The molecule has 0 aliphatic carbocycles. The largest absolute Gasteiger partial charge is 0.490 e. The second-order valence-electron chi connectivity index (χ2n) is 4.99. The second-order valence-corrected chi connectivity index (χ2v) is 4.99. The summed E-state index contributed by atoms with van der Waals surface area (Å²) in [4.78, 5) is 24.1. The molecule has 5 heteroatoms. The van der Waals surface area contributed by atoms with Gasteiger partial charge in [-0.2, -0.15) is 0 Å². The molecule has 21 heavy (non-hydrogen) atoms. The maximum Gasteiger partial charge on any atom is 0.305 e. The number of nitrogens with zero attached hydrogens (tertiary/aromatic N) is 1. The number of carboxylic acid groups (broad SMARTS) is 1. The normalized spacial score (nSPS) is 9.86. The lowest BCUT2D eigenvalue weighted by molar-refractivity contribution is -0.137. The summed E-state index contributed by atoms with van der Waals surface area (Å²) in [5.74, 6) is -0.526. The van der Waals surface area contributed by atoms with E-state index in [9.17, 15) is 9.59 Å². The van der Waals surface area contributed by atoms with Crippen LogP contribution in [0.1, 0.15) is 30.6 Å². The van der Waals surface area contributed by atoms with Gasteiger partial charge in [-0.05, 0) is 38.1 Å².